The maximum Gasteiger partial charge on any atom is 0.408 e. The molecule has 0 saturated heterocycles. The van der Waals surface area contributed by atoms with Gasteiger partial charge in [-0.05, 0) is 12.0 Å². The Hall–Kier alpha value is -1.36. The third kappa shape index (κ3) is 4.49. The molecule has 1 N–H and O–H groups in total. The van der Waals surface area contributed by atoms with Crippen LogP contribution in [-0.4, -0.2) is 18.4 Å². The van der Waals surface area contributed by atoms with Crippen LogP contribution in [-0.2, 0) is 16.1 Å². The number of nitrogens with one attached hydrogen (secondary N) is 1. The Balaban J connectivity index is 2.47. The molecule has 0 heterocycles. The number of amides is 1. The first-order chi connectivity index (χ1) is 8.54. The third-order valence-corrected chi connectivity index (χ3v) is 3.24. The highest BCUT2D eigenvalue weighted by Crippen LogP contribution is 2.16. The van der Waals surface area contributed by atoms with Crippen molar-refractivity contribution in [3.05, 3.63) is 34.3 Å². The van der Waals surface area contributed by atoms with Gasteiger partial charge in [-0.1, -0.05) is 48.0 Å². The molecule has 18 heavy (non-hydrogen) atoms. The van der Waals surface area contributed by atoms with E-state index in [-0.39, 0.29) is 12.5 Å². The molecule has 1 amide bonds. The molecule has 0 aliphatic rings. The van der Waals surface area contributed by atoms with E-state index in [2.05, 4.69) is 21.2 Å². The van der Waals surface area contributed by atoms with Crippen molar-refractivity contribution in [1.29, 1.82) is 0 Å². The standard InChI is InChI=1S/C13H16BrNO3/c1-9(2)12(7-16)15-13(17)18-8-10-5-3-4-6-11(10)14/h3-7,9,12H,8H2,1-2H3,(H,15,17)/t12-/m1/s1. The molecule has 5 heteroatoms. The van der Waals surface area contributed by atoms with Gasteiger partial charge in [-0.2, -0.15) is 0 Å². The minimum absolute atomic E-state index is 0.0403. The molecule has 0 aliphatic heterocycles. The second-order valence-electron chi connectivity index (χ2n) is 4.22. The van der Waals surface area contributed by atoms with E-state index in [9.17, 15) is 9.59 Å². The highest BCUT2D eigenvalue weighted by Gasteiger charge is 2.15. The van der Waals surface area contributed by atoms with Crippen LogP contribution in [0.3, 0.4) is 0 Å². The molecule has 0 aliphatic carbocycles. The van der Waals surface area contributed by atoms with Gasteiger partial charge in [-0.15, -0.1) is 0 Å². The number of halogens is 1. The van der Waals surface area contributed by atoms with Crippen molar-refractivity contribution >= 4 is 28.3 Å². The van der Waals surface area contributed by atoms with Gasteiger partial charge < -0.3 is 14.8 Å². The number of ether oxygens (including phenoxy) is 1. The molecular formula is C13H16BrNO3. The van der Waals surface area contributed by atoms with E-state index < -0.39 is 12.1 Å². The van der Waals surface area contributed by atoms with Crippen LogP contribution in [0, 0.1) is 5.92 Å². The lowest BCUT2D eigenvalue weighted by Crippen LogP contribution is -2.39. The summed E-state index contributed by atoms with van der Waals surface area (Å²) in [5.41, 5.74) is 0.875. The van der Waals surface area contributed by atoms with Crippen molar-refractivity contribution in [2.45, 2.75) is 26.5 Å². The van der Waals surface area contributed by atoms with Crippen LogP contribution in [0.4, 0.5) is 4.79 Å². The van der Waals surface area contributed by atoms with E-state index in [4.69, 9.17) is 4.74 Å². The summed E-state index contributed by atoms with van der Waals surface area (Å²) in [4.78, 5) is 22.2. The van der Waals surface area contributed by atoms with E-state index in [1.165, 1.54) is 0 Å². The van der Waals surface area contributed by atoms with Crippen molar-refractivity contribution in [3.8, 4) is 0 Å². The molecule has 98 valence electrons. The van der Waals surface area contributed by atoms with Gasteiger partial charge in [0.2, 0.25) is 0 Å². The number of rotatable bonds is 5. The molecule has 0 saturated carbocycles. The number of aldehydes is 1. The lowest BCUT2D eigenvalue weighted by atomic mass is 10.1. The highest BCUT2D eigenvalue weighted by molar-refractivity contribution is 9.10. The molecule has 4 nitrogen and oxygen atoms in total. The molecule has 0 unspecified atom stereocenters. The van der Waals surface area contributed by atoms with Crippen molar-refractivity contribution < 1.29 is 14.3 Å². The molecule has 0 radical (unpaired) electrons. The molecule has 0 bridgehead atoms. The van der Waals surface area contributed by atoms with Crippen molar-refractivity contribution in [2.24, 2.45) is 5.92 Å². The summed E-state index contributed by atoms with van der Waals surface area (Å²) in [6.45, 7) is 3.87. The number of hydrogen-bond acceptors (Lipinski definition) is 3. The van der Waals surface area contributed by atoms with Crippen molar-refractivity contribution in [3.63, 3.8) is 0 Å². The zero-order chi connectivity index (χ0) is 13.5. The van der Waals surface area contributed by atoms with Gasteiger partial charge in [0.05, 0.1) is 6.04 Å². The molecule has 1 aromatic rings. The predicted octanol–water partition coefficient (Wildman–Crippen LogP) is 2.90. The minimum atomic E-state index is -0.587. The van der Waals surface area contributed by atoms with Crippen LogP contribution >= 0.6 is 15.9 Å². The van der Waals surface area contributed by atoms with Crippen LogP contribution in [0.25, 0.3) is 0 Å². The van der Waals surface area contributed by atoms with Gasteiger partial charge in [0, 0.05) is 10.0 Å². The van der Waals surface area contributed by atoms with Gasteiger partial charge in [-0.3, -0.25) is 0 Å². The van der Waals surface area contributed by atoms with Crippen molar-refractivity contribution in [2.75, 3.05) is 0 Å². The van der Waals surface area contributed by atoms with Crippen LogP contribution in [0.1, 0.15) is 19.4 Å². The first-order valence-electron chi connectivity index (χ1n) is 5.66. The molecule has 0 spiro atoms. The zero-order valence-electron chi connectivity index (χ0n) is 10.4. The first-order valence-corrected chi connectivity index (χ1v) is 6.46. The second kappa shape index (κ2) is 7.16. The second-order valence-corrected chi connectivity index (χ2v) is 5.07. The molecule has 0 fully saturated rings. The summed E-state index contributed by atoms with van der Waals surface area (Å²) in [5, 5.41) is 2.51. The molecular weight excluding hydrogens is 298 g/mol. The van der Waals surface area contributed by atoms with E-state index in [1.54, 1.807) is 0 Å². The lowest BCUT2D eigenvalue weighted by Gasteiger charge is -2.16. The quantitative estimate of drug-likeness (QED) is 0.850. The van der Waals surface area contributed by atoms with Gasteiger partial charge in [0.1, 0.15) is 12.9 Å². The Morgan fingerprint density at radius 2 is 2.11 bits per heavy atom. The Morgan fingerprint density at radius 1 is 1.44 bits per heavy atom. The number of benzene rings is 1. The lowest BCUT2D eigenvalue weighted by molar-refractivity contribution is -0.110. The van der Waals surface area contributed by atoms with Crippen LogP contribution in [0.15, 0.2) is 28.7 Å². The summed E-state index contributed by atoms with van der Waals surface area (Å²) in [6, 6.07) is 6.96. The SMILES string of the molecule is CC(C)[C@@H](C=O)NC(=O)OCc1ccccc1Br. The number of alkyl carbamates (subject to hydrolysis) is 1. The van der Waals surface area contributed by atoms with Gasteiger partial charge in [-0.25, -0.2) is 4.79 Å². The number of hydrogen-bond donors (Lipinski definition) is 1. The van der Waals surface area contributed by atoms with Gasteiger partial charge >= 0.3 is 6.09 Å². The highest BCUT2D eigenvalue weighted by atomic mass is 79.9. The average Bonchev–Trinajstić information content (AvgIpc) is 2.34. The summed E-state index contributed by atoms with van der Waals surface area (Å²) < 4.78 is 5.94. The minimum Gasteiger partial charge on any atom is -0.445 e. The first kappa shape index (κ1) is 14.7. The maximum atomic E-state index is 11.5. The van der Waals surface area contributed by atoms with Crippen molar-refractivity contribution in [1.82, 2.24) is 5.32 Å². The molecule has 1 aromatic carbocycles. The largest absolute Gasteiger partial charge is 0.445 e. The number of carbonyl (C=O) groups excluding carboxylic acids is 2. The van der Waals surface area contributed by atoms with E-state index in [0.29, 0.717) is 6.29 Å². The Labute approximate surface area is 115 Å². The summed E-state index contributed by atoms with van der Waals surface area (Å²) in [6.07, 6.45) is 0.126. The van der Waals surface area contributed by atoms with Gasteiger partial charge in [0.25, 0.3) is 0 Å². The van der Waals surface area contributed by atoms with Crippen LogP contribution < -0.4 is 5.32 Å². The smallest absolute Gasteiger partial charge is 0.408 e. The Morgan fingerprint density at radius 3 is 2.67 bits per heavy atom. The van der Waals surface area contributed by atoms with Crippen LogP contribution in [0.2, 0.25) is 0 Å². The summed E-state index contributed by atoms with van der Waals surface area (Å²) >= 11 is 3.37. The van der Waals surface area contributed by atoms with Gasteiger partial charge in [0.15, 0.2) is 0 Å². The fraction of sp³-hybridized carbons (Fsp3) is 0.385. The Bertz CT molecular complexity index is 420. The molecule has 0 aromatic heterocycles. The Kier molecular flexibility index (Phi) is 5.85. The molecule has 1 atom stereocenters. The monoisotopic (exact) mass is 313 g/mol. The fourth-order valence-electron chi connectivity index (χ4n) is 1.29. The van der Waals surface area contributed by atoms with E-state index in [1.807, 2.05) is 38.1 Å². The van der Waals surface area contributed by atoms with E-state index >= 15 is 0 Å². The maximum absolute atomic E-state index is 11.5. The summed E-state index contributed by atoms with van der Waals surface area (Å²) in [7, 11) is 0. The topological polar surface area (TPSA) is 55.4 Å². The van der Waals surface area contributed by atoms with Crippen LogP contribution in [0.5, 0.6) is 0 Å². The summed E-state index contributed by atoms with van der Waals surface area (Å²) in [5.74, 6) is 0.0403. The average molecular weight is 314 g/mol. The molecule has 1 rings (SSSR count). The number of carbonyl (C=O) groups is 2. The predicted molar refractivity (Wildman–Crippen MR) is 72.2 cm³/mol. The zero-order valence-corrected chi connectivity index (χ0v) is 11.9. The fourth-order valence-corrected chi connectivity index (χ4v) is 1.69. The third-order valence-electron chi connectivity index (χ3n) is 2.47. The van der Waals surface area contributed by atoms with E-state index in [0.717, 1.165) is 10.0 Å². The normalized spacial score (nSPS) is 12.0.